The van der Waals surface area contributed by atoms with Crippen LogP contribution in [0, 0.1) is 0 Å². The molecule has 0 bridgehead atoms. The van der Waals surface area contributed by atoms with Crippen LogP contribution in [0.1, 0.15) is 23.6 Å². The van der Waals surface area contributed by atoms with Crippen LogP contribution in [0.15, 0.2) is 97.1 Å². The van der Waals surface area contributed by atoms with E-state index in [2.05, 4.69) is 85.8 Å². The van der Waals surface area contributed by atoms with Gasteiger partial charge in [-0.3, -0.25) is 0 Å². The Morgan fingerprint density at radius 2 is 1.22 bits per heavy atom. The normalized spacial score (nSPS) is 17.4. The van der Waals surface area contributed by atoms with Crippen LogP contribution in [-0.4, -0.2) is 0 Å². The van der Waals surface area contributed by atoms with Crippen LogP contribution in [-0.2, 0) is 5.41 Å². The molecule has 0 amide bonds. The van der Waals surface area contributed by atoms with Crippen molar-refractivity contribution in [3.8, 4) is 22.3 Å². The second-order valence-electron chi connectivity index (χ2n) is 7.38. The summed E-state index contributed by atoms with van der Waals surface area (Å²) in [7, 11) is 0. The molecule has 1 nitrogen and oxygen atoms in total. The maximum atomic E-state index is 6.26. The minimum absolute atomic E-state index is 0.174. The van der Waals surface area contributed by atoms with E-state index in [0.717, 1.165) is 11.3 Å². The van der Waals surface area contributed by atoms with Crippen molar-refractivity contribution in [2.75, 3.05) is 5.73 Å². The Hall–Kier alpha value is -3.32. The molecule has 1 aliphatic rings. The number of rotatable bonds is 2. The number of nitrogens with two attached hydrogens (primary N) is 1. The molecule has 0 saturated heterocycles. The zero-order valence-electron chi connectivity index (χ0n) is 15.3. The Labute approximate surface area is 160 Å². The molecule has 4 aromatic carbocycles. The summed E-state index contributed by atoms with van der Waals surface area (Å²) in [6.45, 7) is 2.34. The largest absolute Gasteiger partial charge is 0.398 e. The molecule has 0 heterocycles. The molecule has 1 atom stereocenters. The minimum Gasteiger partial charge on any atom is -0.398 e. The highest BCUT2D eigenvalue weighted by Crippen LogP contribution is 2.53. The number of fused-ring (bicyclic) bond motifs is 3. The number of benzene rings is 4. The van der Waals surface area contributed by atoms with Crippen LogP contribution in [0.4, 0.5) is 5.69 Å². The van der Waals surface area contributed by atoms with E-state index < -0.39 is 0 Å². The van der Waals surface area contributed by atoms with Crippen molar-refractivity contribution in [1.29, 1.82) is 0 Å². The van der Waals surface area contributed by atoms with Crippen molar-refractivity contribution >= 4 is 5.69 Å². The van der Waals surface area contributed by atoms with Crippen LogP contribution >= 0.6 is 0 Å². The number of nitrogen functional groups attached to an aromatic ring is 1. The van der Waals surface area contributed by atoms with Gasteiger partial charge in [-0.2, -0.15) is 0 Å². The van der Waals surface area contributed by atoms with Gasteiger partial charge in [0.05, 0.1) is 0 Å². The fourth-order valence-corrected chi connectivity index (χ4v) is 4.50. The summed E-state index contributed by atoms with van der Waals surface area (Å²) in [5.41, 5.74) is 15.8. The maximum Gasteiger partial charge on any atom is 0.0435 e. The molecule has 0 spiro atoms. The van der Waals surface area contributed by atoms with Crippen LogP contribution in [0.5, 0.6) is 0 Å². The molecule has 0 fully saturated rings. The molecular weight excluding hydrogens is 326 g/mol. The number of hydrogen-bond acceptors (Lipinski definition) is 1. The van der Waals surface area contributed by atoms with E-state index in [1.165, 1.54) is 33.4 Å². The first-order valence-electron chi connectivity index (χ1n) is 9.34. The van der Waals surface area contributed by atoms with E-state index in [-0.39, 0.29) is 5.41 Å². The second-order valence-corrected chi connectivity index (χ2v) is 7.38. The van der Waals surface area contributed by atoms with Crippen LogP contribution in [0.3, 0.4) is 0 Å². The van der Waals surface area contributed by atoms with Gasteiger partial charge >= 0.3 is 0 Å². The predicted molar refractivity (Wildman–Crippen MR) is 114 cm³/mol. The van der Waals surface area contributed by atoms with E-state index in [1.807, 2.05) is 18.2 Å². The molecule has 1 heteroatoms. The average Bonchev–Trinajstić information content (AvgIpc) is 2.99. The number of hydrogen-bond donors (Lipinski definition) is 1. The van der Waals surface area contributed by atoms with E-state index in [1.54, 1.807) is 0 Å². The van der Waals surface area contributed by atoms with Crippen molar-refractivity contribution in [2.45, 2.75) is 12.3 Å². The third-order valence-electron chi connectivity index (χ3n) is 5.94. The summed E-state index contributed by atoms with van der Waals surface area (Å²) >= 11 is 0. The standard InChI is InChI=1S/C26H21N/c1-26(19-9-3-2-4-10-19)23-13-7-5-12-21(23)22-16-15-18(17-24(22)26)20-11-6-8-14-25(20)27/h2-17H,27H2,1H3. The quantitative estimate of drug-likeness (QED) is 0.425. The SMILES string of the molecule is CC1(c2ccccc2)c2ccccc2-c2ccc(-c3ccccc3N)cc21. The Balaban J connectivity index is 1.80. The van der Waals surface area contributed by atoms with Crippen molar-refractivity contribution in [3.63, 3.8) is 0 Å². The molecule has 1 unspecified atom stereocenters. The fraction of sp³-hybridized carbons (Fsp3) is 0.0769. The van der Waals surface area contributed by atoms with E-state index >= 15 is 0 Å². The Bertz CT molecular complexity index is 1140. The third kappa shape index (κ3) is 2.25. The second kappa shape index (κ2) is 5.85. The Morgan fingerprint density at radius 1 is 0.593 bits per heavy atom. The monoisotopic (exact) mass is 347 g/mol. The summed E-state index contributed by atoms with van der Waals surface area (Å²) in [4.78, 5) is 0. The van der Waals surface area contributed by atoms with Crippen LogP contribution < -0.4 is 5.73 Å². The number of anilines is 1. The third-order valence-corrected chi connectivity index (χ3v) is 5.94. The molecule has 0 aromatic heterocycles. The first-order valence-corrected chi connectivity index (χ1v) is 9.34. The van der Waals surface area contributed by atoms with E-state index in [0.29, 0.717) is 0 Å². The van der Waals surface area contributed by atoms with Crippen molar-refractivity contribution in [1.82, 2.24) is 0 Å². The molecule has 0 aliphatic heterocycles. The summed E-state index contributed by atoms with van der Waals surface area (Å²) in [5.74, 6) is 0. The molecule has 1 aliphatic carbocycles. The highest BCUT2D eigenvalue weighted by atomic mass is 14.6. The summed E-state index contributed by atoms with van der Waals surface area (Å²) in [6, 6.07) is 34.4. The van der Waals surface area contributed by atoms with E-state index in [9.17, 15) is 0 Å². The van der Waals surface area contributed by atoms with Gasteiger partial charge in [0.2, 0.25) is 0 Å². The lowest BCUT2D eigenvalue weighted by Gasteiger charge is -2.28. The molecule has 130 valence electrons. The van der Waals surface area contributed by atoms with Crippen molar-refractivity contribution in [3.05, 3.63) is 114 Å². The Morgan fingerprint density at radius 3 is 2.00 bits per heavy atom. The molecule has 0 radical (unpaired) electrons. The van der Waals surface area contributed by atoms with Crippen LogP contribution in [0.2, 0.25) is 0 Å². The van der Waals surface area contributed by atoms with Gasteiger partial charge in [-0.05, 0) is 52.4 Å². The van der Waals surface area contributed by atoms with Crippen LogP contribution in [0.25, 0.3) is 22.3 Å². The first kappa shape index (κ1) is 15.9. The van der Waals surface area contributed by atoms with Gasteiger partial charge in [-0.15, -0.1) is 0 Å². The predicted octanol–water partition coefficient (Wildman–Crippen LogP) is 6.27. The Kier molecular flexibility index (Phi) is 3.45. The lowest BCUT2D eigenvalue weighted by molar-refractivity contribution is 0.714. The molecule has 27 heavy (non-hydrogen) atoms. The average molecular weight is 347 g/mol. The fourth-order valence-electron chi connectivity index (χ4n) is 4.50. The van der Waals surface area contributed by atoms with Gasteiger partial charge in [0.25, 0.3) is 0 Å². The van der Waals surface area contributed by atoms with Gasteiger partial charge in [0, 0.05) is 16.7 Å². The zero-order valence-corrected chi connectivity index (χ0v) is 15.3. The van der Waals surface area contributed by atoms with Gasteiger partial charge in [0.1, 0.15) is 0 Å². The van der Waals surface area contributed by atoms with Crippen molar-refractivity contribution < 1.29 is 0 Å². The summed E-state index contributed by atoms with van der Waals surface area (Å²) < 4.78 is 0. The maximum absolute atomic E-state index is 6.26. The van der Waals surface area contributed by atoms with Gasteiger partial charge in [-0.1, -0.05) is 84.9 Å². The lowest BCUT2D eigenvalue weighted by Crippen LogP contribution is -2.22. The van der Waals surface area contributed by atoms with Crippen molar-refractivity contribution in [2.24, 2.45) is 0 Å². The van der Waals surface area contributed by atoms with E-state index in [4.69, 9.17) is 5.73 Å². The smallest absolute Gasteiger partial charge is 0.0435 e. The molecule has 0 saturated carbocycles. The molecule has 2 N–H and O–H groups in total. The van der Waals surface area contributed by atoms with Gasteiger partial charge in [-0.25, -0.2) is 0 Å². The topological polar surface area (TPSA) is 26.0 Å². The first-order chi connectivity index (χ1) is 13.2. The molecule has 5 rings (SSSR count). The summed E-state index contributed by atoms with van der Waals surface area (Å²) in [5, 5.41) is 0. The van der Waals surface area contributed by atoms with Gasteiger partial charge < -0.3 is 5.73 Å². The zero-order chi connectivity index (χ0) is 18.4. The molecular formula is C26H21N. The highest BCUT2D eigenvalue weighted by Gasteiger charge is 2.40. The van der Waals surface area contributed by atoms with Gasteiger partial charge in [0.15, 0.2) is 0 Å². The summed E-state index contributed by atoms with van der Waals surface area (Å²) in [6.07, 6.45) is 0. The molecule has 4 aromatic rings. The highest BCUT2D eigenvalue weighted by molar-refractivity contribution is 5.87. The number of para-hydroxylation sites is 1. The minimum atomic E-state index is -0.174. The lowest BCUT2D eigenvalue weighted by atomic mass is 9.74.